The Bertz CT molecular complexity index is 869. The number of carbonyl (C=O) groups is 2. The van der Waals surface area contributed by atoms with E-state index in [1.807, 2.05) is 67.5 Å². The number of methoxy groups -OCH3 is 1. The molecule has 2 atom stereocenters. The second kappa shape index (κ2) is 9.33. The molecule has 7 heteroatoms. The first-order valence-electron chi connectivity index (χ1n) is 9.43. The molecule has 1 amide bonds. The minimum Gasteiger partial charge on any atom is -0.497 e. The number of carbonyl (C=O) groups excluding carboxylic acids is 2. The van der Waals surface area contributed by atoms with E-state index in [4.69, 9.17) is 9.47 Å². The number of likely N-dealkylation sites (N-methyl/N-ethyl adjacent to an activating group) is 1. The van der Waals surface area contributed by atoms with Crippen LogP contribution < -0.4 is 9.64 Å². The maximum atomic E-state index is 13.6. The van der Waals surface area contributed by atoms with Crippen LogP contribution in [0.5, 0.6) is 5.75 Å². The molecule has 154 valence electrons. The third-order valence-electron chi connectivity index (χ3n) is 4.70. The van der Waals surface area contributed by atoms with E-state index in [2.05, 4.69) is 0 Å². The third-order valence-corrected chi connectivity index (χ3v) is 6.07. The van der Waals surface area contributed by atoms with Gasteiger partial charge in [0, 0.05) is 24.9 Å². The zero-order valence-electron chi connectivity index (χ0n) is 17.1. The van der Waals surface area contributed by atoms with Crippen molar-refractivity contribution in [2.45, 2.75) is 23.2 Å². The van der Waals surface area contributed by atoms with Crippen molar-refractivity contribution in [2.75, 3.05) is 39.2 Å². The van der Waals surface area contributed by atoms with Crippen LogP contribution in [0.2, 0.25) is 0 Å². The van der Waals surface area contributed by atoms with Crippen LogP contribution in [0.15, 0.2) is 53.4 Å². The number of benzene rings is 2. The van der Waals surface area contributed by atoms with E-state index in [0.717, 1.165) is 21.9 Å². The van der Waals surface area contributed by atoms with Gasteiger partial charge >= 0.3 is 5.97 Å². The zero-order valence-corrected chi connectivity index (χ0v) is 17.9. The van der Waals surface area contributed by atoms with Crippen molar-refractivity contribution >= 4 is 29.3 Å². The molecule has 0 bridgehead atoms. The van der Waals surface area contributed by atoms with Crippen LogP contribution in [0, 0.1) is 0 Å². The average molecular weight is 415 g/mol. The highest BCUT2D eigenvalue weighted by atomic mass is 32.2. The number of hydrogen-bond acceptors (Lipinski definition) is 6. The van der Waals surface area contributed by atoms with E-state index >= 15 is 0 Å². The first kappa shape index (κ1) is 21.2. The lowest BCUT2D eigenvalue weighted by Gasteiger charge is -2.28. The Morgan fingerprint density at radius 2 is 1.83 bits per heavy atom. The summed E-state index contributed by atoms with van der Waals surface area (Å²) in [6.45, 7) is 2.55. The maximum absolute atomic E-state index is 13.6. The van der Waals surface area contributed by atoms with Gasteiger partial charge in [0.2, 0.25) is 0 Å². The maximum Gasteiger partial charge on any atom is 0.303 e. The van der Waals surface area contributed by atoms with Gasteiger partial charge in [-0.05, 0) is 43.9 Å². The number of anilines is 1. The minimum atomic E-state index is -0.916. The van der Waals surface area contributed by atoms with Crippen molar-refractivity contribution < 1.29 is 19.1 Å². The van der Waals surface area contributed by atoms with E-state index in [0.29, 0.717) is 13.1 Å². The summed E-state index contributed by atoms with van der Waals surface area (Å²) in [7, 11) is 5.54. The summed E-state index contributed by atoms with van der Waals surface area (Å²) in [6, 6.07) is 15.4. The molecule has 3 rings (SSSR count). The van der Waals surface area contributed by atoms with Gasteiger partial charge in [0.1, 0.15) is 5.75 Å². The molecule has 0 fully saturated rings. The molecule has 2 aromatic rings. The lowest BCUT2D eigenvalue weighted by Crippen LogP contribution is -2.45. The SMILES string of the molecule is COc1ccc([C@@H]2Sc3ccccc3N(CCN(C)C)C(=O)C2OC(C)=O)cc1. The van der Waals surface area contributed by atoms with Crippen LogP contribution in [0.1, 0.15) is 17.7 Å². The lowest BCUT2D eigenvalue weighted by atomic mass is 10.1. The standard InChI is InChI=1S/C22H26N2O4S/c1-15(25)28-20-21(16-9-11-17(27-4)12-10-16)29-19-8-6-5-7-18(19)24(22(20)26)14-13-23(2)3/h5-12,20-21H,13-14H2,1-4H3/t20?,21-/m0/s1. The number of amides is 1. The molecule has 1 aliphatic rings. The Balaban J connectivity index is 2.06. The molecular formula is C22H26N2O4S. The number of nitrogens with zero attached hydrogens (tertiary/aromatic N) is 2. The molecule has 0 spiro atoms. The molecule has 1 aliphatic heterocycles. The molecule has 0 aromatic heterocycles. The van der Waals surface area contributed by atoms with Gasteiger partial charge in [-0.1, -0.05) is 24.3 Å². The summed E-state index contributed by atoms with van der Waals surface area (Å²) >= 11 is 1.54. The molecule has 1 heterocycles. The summed E-state index contributed by atoms with van der Waals surface area (Å²) in [5.41, 5.74) is 1.75. The highest BCUT2D eigenvalue weighted by Gasteiger charge is 2.40. The molecule has 0 radical (unpaired) electrons. The first-order valence-corrected chi connectivity index (χ1v) is 10.3. The number of rotatable bonds is 6. The van der Waals surface area contributed by atoms with Gasteiger partial charge < -0.3 is 19.3 Å². The van der Waals surface area contributed by atoms with Gasteiger partial charge in [0.15, 0.2) is 6.10 Å². The molecule has 0 N–H and O–H groups in total. The van der Waals surface area contributed by atoms with Crippen molar-refractivity contribution in [3.05, 3.63) is 54.1 Å². The van der Waals surface area contributed by atoms with E-state index in [9.17, 15) is 9.59 Å². The first-order chi connectivity index (χ1) is 13.9. The van der Waals surface area contributed by atoms with E-state index in [1.54, 1.807) is 23.8 Å². The molecular weight excluding hydrogens is 388 g/mol. The molecule has 6 nitrogen and oxygen atoms in total. The van der Waals surface area contributed by atoms with Crippen molar-refractivity contribution in [1.82, 2.24) is 4.90 Å². The van der Waals surface area contributed by atoms with Gasteiger partial charge in [-0.25, -0.2) is 0 Å². The lowest BCUT2D eigenvalue weighted by molar-refractivity contribution is -0.152. The number of fused-ring (bicyclic) bond motifs is 1. The number of hydrogen-bond donors (Lipinski definition) is 0. The second-order valence-electron chi connectivity index (χ2n) is 7.10. The highest BCUT2D eigenvalue weighted by molar-refractivity contribution is 7.99. The second-order valence-corrected chi connectivity index (χ2v) is 8.29. The van der Waals surface area contributed by atoms with Crippen molar-refractivity contribution in [3.8, 4) is 5.75 Å². The van der Waals surface area contributed by atoms with Crippen LogP contribution in [0.25, 0.3) is 0 Å². The smallest absolute Gasteiger partial charge is 0.303 e. The largest absolute Gasteiger partial charge is 0.497 e. The molecule has 1 unspecified atom stereocenters. The average Bonchev–Trinajstić information content (AvgIpc) is 2.81. The normalized spacial score (nSPS) is 18.9. The quantitative estimate of drug-likeness (QED) is 0.676. The summed E-state index contributed by atoms with van der Waals surface area (Å²) < 4.78 is 10.8. The molecule has 0 saturated heterocycles. The topological polar surface area (TPSA) is 59.1 Å². The van der Waals surface area contributed by atoms with Gasteiger partial charge in [-0.2, -0.15) is 0 Å². The Morgan fingerprint density at radius 1 is 1.14 bits per heavy atom. The Morgan fingerprint density at radius 3 is 2.45 bits per heavy atom. The fourth-order valence-corrected chi connectivity index (χ4v) is 4.56. The number of esters is 1. The number of para-hydroxylation sites is 1. The fraction of sp³-hybridized carbons (Fsp3) is 0.364. The molecule has 29 heavy (non-hydrogen) atoms. The highest BCUT2D eigenvalue weighted by Crippen LogP contribution is 2.46. The summed E-state index contributed by atoms with van der Waals surface area (Å²) in [5, 5.41) is -0.359. The van der Waals surface area contributed by atoms with Crippen LogP contribution in [0.4, 0.5) is 5.69 Å². The van der Waals surface area contributed by atoms with Gasteiger partial charge in [0.25, 0.3) is 5.91 Å². The van der Waals surface area contributed by atoms with Gasteiger partial charge in [0.05, 0.1) is 18.0 Å². The van der Waals surface area contributed by atoms with E-state index in [1.165, 1.54) is 6.92 Å². The molecule has 0 aliphatic carbocycles. The monoisotopic (exact) mass is 414 g/mol. The van der Waals surface area contributed by atoms with Crippen LogP contribution in [-0.2, 0) is 14.3 Å². The van der Waals surface area contributed by atoms with Crippen molar-refractivity contribution in [3.63, 3.8) is 0 Å². The Kier molecular flexibility index (Phi) is 6.82. The molecule has 2 aromatic carbocycles. The fourth-order valence-electron chi connectivity index (χ4n) is 3.24. The molecule has 0 saturated carbocycles. The van der Waals surface area contributed by atoms with E-state index < -0.39 is 12.1 Å². The number of thioether (sulfide) groups is 1. The van der Waals surface area contributed by atoms with Crippen molar-refractivity contribution in [2.24, 2.45) is 0 Å². The van der Waals surface area contributed by atoms with Crippen molar-refractivity contribution in [1.29, 1.82) is 0 Å². The summed E-state index contributed by atoms with van der Waals surface area (Å²) in [4.78, 5) is 30.2. The van der Waals surface area contributed by atoms with Gasteiger partial charge in [-0.15, -0.1) is 11.8 Å². The van der Waals surface area contributed by atoms with E-state index in [-0.39, 0.29) is 11.2 Å². The van der Waals surface area contributed by atoms with Crippen LogP contribution in [-0.4, -0.2) is 57.2 Å². The predicted octanol–water partition coefficient (Wildman–Crippen LogP) is 3.37. The van der Waals surface area contributed by atoms with Crippen LogP contribution >= 0.6 is 11.8 Å². The predicted molar refractivity (Wildman–Crippen MR) is 114 cm³/mol. The third kappa shape index (κ3) is 4.92. The van der Waals surface area contributed by atoms with Gasteiger partial charge in [-0.3, -0.25) is 9.59 Å². The summed E-state index contributed by atoms with van der Waals surface area (Å²) in [5.74, 6) is 0.0528. The van der Waals surface area contributed by atoms with Crippen LogP contribution in [0.3, 0.4) is 0 Å². The Hall–Kier alpha value is -2.51. The Labute approximate surface area is 175 Å². The summed E-state index contributed by atoms with van der Waals surface area (Å²) in [6.07, 6.45) is -0.916. The number of ether oxygens (including phenoxy) is 2. The minimum absolute atomic E-state index is 0.208. The zero-order chi connectivity index (χ0) is 21.0.